The molecule has 0 saturated carbocycles. The van der Waals surface area contributed by atoms with Crippen LogP contribution in [0.4, 0.5) is 20.3 Å². The lowest BCUT2D eigenvalue weighted by molar-refractivity contribution is -0.149. The van der Waals surface area contributed by atoms with E-state index < -0.39 is 24.7 Å². The van der Waals surface area contributed by atoms with Crippen LogP contribution in [-0.2, 0) is 4.79 Å². The first kappa shape index (κ1) is 32.3. The van der Waals surface area contributed by atoms with Crippen molar-refractivity contribution in [3.05, 3.63) is 72.2 Å². The number of β-amino-alcohol motifs (C(OH)–C–C–N with tert-alkyl or cyclic N) is 1. The van der Waals surface area contributed by atoms with Crippen molar-refractivity contribution in [2.75, 3.05) is 38.1 Å². The number of hydrogen-bond donors (Lipinski definition) is 4. The van der Waals surface area contributed by atoms with E-state index in [1.54, 1.807) is 47.8 Å². The van der Waals surface area contributed by atoms with Crippen molar-refractivity contribution in [3.8, 4) is 17.0 Å². The van der Waals surface area contributed by atoms with E-state index in [1.165, 1.54) is 17.0 Å². The van der Waals surface area contributed by atoms with E-state index in [4.69, 9.17) is 0 Å². The maximum Gasteiger partial charge on any atom is 0.387 e. The van der Waals surface area contributed by atoms with Gasteiger partial charge >= 0.3 is 6.61 Å². The number of nitrogens with zero attached hydrogens (tertiary/aromatic N) is 5. The number of carbonyl (C=O) groups is 2. The van der Waals surface area contributed by atoms with Crippen LogP contribution in [0.2, 0.25) is 0 Å². The van der Waals surface area contributed by atoms with E-state index in [9.17, 15) is 33.7 Å². The topological polar surface area (TPSA) is 153 Å². The molecule has 3 atom stereocenters. The normalized spacial score (nSPS) is 20.5. The summed E-state index contributed by atoms with van der Waals surface area (Å²) >= 11 is 0. The predicted octanol–water partition coefficient (Wildman–Crippen LogP) is 3.07. The van der Waals surface area contributed by atoms with Crippen LogP contribution >= 0.6 is 0 Å². The lowest BCUT2D eigenvalue weighted by Gasteiger charge is -2.41. The van der Waals surface area contributed by atoms with Crippen molar-refractivity contribution < 1.29 is 38.4 Å². The fourth-order valence-electron chi connectivity index (χ4n) is 6.36. The Hall–Kier alpha value is -4.66. The molecule has 0 bridgehead atoms. The molecule has 2 saturated heterocycles. The lowest BCUT2D eigenvalue weighted by Crippen LogP contribution is -2.57. The number of rotatable bonds is 8. The lowest BCUT2D eigenvalue weighted by atomic mass is 9.89. The minimum Gasteiger partial charge on any atom is -0.435 e. The second kappa shape index (κ2) is 13.6. The molecule has 4 N–H and O–H groups in total. The second-order valence-corrected chi connectivity index (χ2v) is 12.0. The molecule has 2 aromatic heterocycles. The monoisotopic (exact) mass is 650 g/mol. The Bertz CT molecular complexity index is 1740. The first-order chi connectivity index (χ1) is 22.6. The van der Waals surface area contributed by atoms with Crippen molar-refractivity contribution in [2.24, 2.45) is 11.8 Å². The molecule has 2 amide bonds. The quantitative estimate of drug-likeness (QED) is 0.225. The summed E-state index contributed by atoms with van der Waals surface area (Å²) in [6.45, 7) is -0.335. The molecule has 2 aliphatic heterocycles. The predicted molar refractivity (Wildman–Crippen MR) is 167 cm³/mol. The average molecular weight is 651 g/mol. The summed E-state index contributed by atoms with van der Waals surface area (Å²) in [7, 11) is 0. The van der Waals surface area contributed by atoms with Gasteiger partial charge in [0.05, 0.1) is 30.7 Å². The van der Waals surface area contributed by atoms with E-state index in [-0.39, 0.29) is 43.2 Å². The van der Waals surface area contributed by atoms with Crippen molar-refractivity contribution in [1.29, 1.82) is 0 Å². The summed E-state index contributed by atoms with van der Waals surface area (Å²) in [4.78, 5) is 38.8. The number of alkyl halides is 2. The second-order valence-electron chi connectivity index (χ2n) is 12.0. The number of amides is 2. The maximum atomic E-state index is 13.5. The molecule has 0 radical (unpaired) electrons. The van der Waals surface area contributed by atoms with Crippen molar-refractivity contribution in [3.63, 3.8) is 0 Å². The third kappa shape index (κ3) is 6.75. The highest BCUT2D eigenvalue weighted by molar-refractivity contribution is 5.96. The Kier molecular flexibility index (Phi) is 9.34. The van der Waals surface area contributed by atoms with Gasteiger partial charge in [0.2, 0.25) is 5.91 Å². The minimum absolute atomic E-state index is 0.0240. The molecule has 248 valence electrons. The molecule has 2 aliphatic rings. The van der Waals surface area contributed by atoms with Crippen LogP contribution in [0.25, 0.3) is 16.9 Å². The summed E-state index contributed by atoms with van der Waals surface area (Å²) in [6, 6.07) is 11.7. The summed E-state index contributed by atoms with van der Waals surface area (Å²) in [5.41, 5.74) is 4.05. The number of aryl methyl sites for hydroxylation is 1. The number of nitrogens with one attached hydrogen (secondary N) is 1. The standard InChI is InChI=1S/C33H36F2N6O6/c1-19-14-23(38-29-30-37-15-26(41(30)13-10-36-29)20-2-5-24(6-3-20)47-33(34)35)4-7-25(19)32(46)39-11-8-21(9-12-39)31(45)40-16-22(18-42)28(44)27(43)17-40/h2-7,10,13-15,21-22,27-28,33,42-44H,8-9,11-12,16-18H2,1H3,(H,36,38)/t22-,27-,28-/m1/s1. The number of anilines is 2. The van der Waals surface area contributed by atoms with Crippen molar-refractivity contribution in [1.82, 2.24) is 24.2 Å². The number of benzene rings is 2. The van der Waals surface area contributed by atoms with Crippen LogP contribution in [-0.4, -0.2) is 103 Å². The molecular weight excluding hydrogens is 614 g/mol. The summed E-state index contributed by atoms with van der Waals surface area (Å²) in [5.74, 6) is -0.590. The van der Waals surface area contributed by atoms with Crippen LogP contribution in [0.15, 0.2) is 61.1 Å². The number of aliphatic hydroxyl groups excluding tert-OH is 3. The Morgan fingerprint density at radius 2 is 1.79 bits per heavy atom. The van der Waals surface area contributed by atoms with Gasteiger partial charge < -0.3 is 35.2 Å². The molecule has 2 fully saturated rings. The number of ether oxygens (including phenoxy) is 1. The van der Waals surface area contributed by atoms with E-state index in [0.29, 0.717) is 48.6 Å². The number of piperidine rings is 2. The smallest absolute Gasteiger partial charge is 0.387 e. The molecule has 2 aromatic carbocycles. The van der Waals surface area contributed by atoms with Gasteiger partial charge in [0.25, 0.3) is 5.91 Å². The molecule has 12 nitrogen and oxygen atoms in total. The van der Waals surface area contributed by atoms with Gasteiger partial charge in [-0.2, -0.15) is 8.78 Å². The zero-order chi connectivity index (χ0) is 33.2. The highest BCUT2D eigenvalue weighted by Crippen LogP contribution is 2.29. The van der Waals surface area contributed by atoms with Gasteiger partial charge in [-0.25, -0.2) is 9.97 Å². The number of carbonyl (C=O) groups excluding carboxylic acids is 2. The van der Waals surface area contributed by atoms with E-state index in [1.807, 2.05) is 17.4 Å². The van der Waals surface area contributed by atoms with Gasteiger partial charge in [0.1, 0.15) is 5.75 Å². The zero-order valence-corrected chi connectivity index (χ0v) is 25.7. The van der Waals surface area contributed by atoms with E-state index in [0.717, 1.165) is 16.8 Å². The van der Waals surface area contributed by atoms with E-state index >= 15 is 0 Å². The SMILES string of the molecule is Cc1cc(Nc2nccn3c(-c4ccc(OC(F)F)cc4)cnc23)ccc1C(=O)N1CCC(C(=O)N2C[C@H](CO)[C@@H](O)[C@H](O)C2)CC1. The largest absolute Gasteiger partial charge is 0.435 e. The van der Waals surface area contributed by atoms with E-state index in [2.05, 4.69) is 20.0 Å². The van der Waals surface area contributed by atoms with Crippen LogP contribution in [0, 0.1) is 18.8 Å². The first-order valence-electron chi connectivity index (χ1n) is 15.4. The minimum atomic E-state index is -2.90. The summed E-state index contributed by atoms with van der Waals surface area (Å²) in [6.07, 6.45) is 3.84. The molecule has 0 unspecified atom stereocenters. The van der Waals surface area contributed by atoms with Crippen LogP contribution in [0.5, 0.6) is 5.75 Å². The summed E-state index contributed by atoms with van der Waals surface area (Å²) in [5, 5.41) is 33.0. The van der Waals surface area contributed by atoms with Gasteiger partial charge in [0, 0.05) is 67.2 Å². The fourth-order valence-corrected chi connectivity index (χ4v) is 6.36. The van der Waals surface area contributed by atoms with Crippen LogP contribution in [0.3, 0.4) is 0 Å². The van der Waals surface area contributed by atoms with Crippen molar-refractivity contribution in [2.45, 2.75) is 38.6 Å². The summed E-state index contributed by atoms with van der Waals surface area (Å²) < 4.78 is 31.3. The van der Waals surface area contributed by atoms with Gasteiger partial charge in [-0.1, -0.05) is 0 Å². The number of halogens is 2. The number of imidazole rings is 1. The third-order valence-corrected chi connectivity index (χ3v) is 8.94. The highest BCUT2D eigenvalue weighted by Gasteiger charge is 2.39. The molecule has 14 heteroatoms. The van der Waals surface area contributed by atoms with Gasteiger partial charge in [-0.15, -0.1) is 0 Å². The molecule has 0 aliphatic carbocycles. The molecule has 0 spiro atoms. The highest BCUT2D eigenvalue weighted by atomic mass is 19.3. The molecule has 47 heavy (non-hydrogen) atoms. The van der Waals surface area contributed by atoms with Crippen LogP contribution in [0.1, 0.15) is 28.8 Å². The third-order valence-electron chi connectivity index (χ3n) is 8.94. The Morgan fingerprint density at radius 1 is 1.04 bits per heavy atom. The number of hydrogen-bond acceptors (Lipinski definition) is 9. The Morgan fingerprint density at radius 3 is 2.47 bits per heavy atom. The van der Waals surface area contributed by atoms with Gasteiger partial charge in [-0.3, -0.25) is 14.0 Å². The average Bonchev–Trinajstić information content (AvgIpc) is 3.51. The number of aromatic nitrogens is 3. The number of likely N-dealkylation sites (tertiary alicyclic amines) is 2. The molecule has 6 rings (SSSR count). The number of aliphatic hydroxyl groups is 3. The first-order valence-corrected chi connectivity index (χ1v) is 15.4. The Labute approximate surface area is 269 Å². The Balaban J connectivity index is 1.09. The molecule has 4 heterocycles. The molecular formula is C33H36F2N6O6. The van der Waals surface area contributed by atoms with Crippen molar-refractivity contribution >= 4 is 29.0 Å². The maximum absolute atomic E-state index is 13.5. The zero-order valence-electron chi connectivity index (χ0n) is 25.7. The molecule has 4 aromatic rings. The number of fused-ring (bicyclic) bond motifs is 1. The van der Waals surface area contributed by atoms with Gasteiger partial charge in [0.15, 0.2) is 11.5 Å². The van der Waals surface area contributed by atoms with Crippen LogP contribution < -0.4 is 10.1 Å². The fraction of sp³-hybridized carbons (Fsp3) is 0.394. The van der Waals surface area contributed by atoms with Gasteiger partial charge in [-0.05, 0) is 67.8 Å².